The molecule has 0 aromatic carbocycles. The molecule has 1 aromatic heterocycles. The molecule has 1 heterocycles. The lowest BCUT2D eigenvalue weighted by Gasteiger charge is -2.28. The molecule has 6 nitrogen and oxygen atoms in total. The number of aliphatic carboxylic acids is 1. The second-order valence-electron chi connectivity index (χ2n) is 5.42. The fourth-order valence-corrected chi connectivity index (χ4v) is 3.43. The fraction of sp³-hybridized carbons (Fsp3) is 0.643. The number of amides is 2. The van der Waals surface area contributed by atoms with Gasteiger partial charge in [0.25, 0.3) is 0 Å². The Kier molecular flexibility index (Phi) is 5.55. The third kappa shape index (κ3) is 4.70. The van der Waals surface area contributed by atoms with Crippen LogP contribution in [0.1, 0.15) is 35.6 Å². The van der Waals surface area contributed by atoms with Gasteiger partial charge in [0, 0.05) is 17.6 Å². The number of hydrogen-bond donors (Lipinski definition) is 3. The summed E-state index contributed by atoms with van der Waals surface area (Å²) in [5.74, 6) is -1.05. The predicted octanol–water partition coefficient (Wildman–Crippen LogP) is 2.14. The normalized spacial score (nSPS) is 21.8. The average Bonchev–Trinajstić information content (AvgIpc) is 2.88. The van der Waals surface area contributed by atoms with Crippen molar-refractivity contribution in [3.05, 3.63) is 16.1 Å². The minimum Gasteiger partial charge on any atom is -0.481 e. The number of carboxylic acid groups (broad SMARTS) is 1. The molecule has 2 rings (SSSR count). The van der Waals surface area contributed by atoms with Gasteiger partial charge in [0.1, 0.15) is 5.01 Å². The Morgan fingerprint density at radius 3 is 2.81 bits per heavy atom. The van der Waals surface area contributed by atoms with Crippen molar-refractivity contribution < 1.29 is 14.7 Å². The molecular weight excluding hydrogens is 290 g/mol. The van der Waals surface area contributed by atoms with Crippen molar-refractivity contribution in [1.29, 1.82) is 0 Å². The molecule has 2 amide bonds. The van der Waals surface area contributed by atoms with Crippen molar-refractivity contribution >= 4 is 23.3 Å². The van der Waals surface area contributed by atoms with Crippen LogP contribution in [0.15, 0.2) is 6.20 Å². The summed E-state index contributed by atoms with van der Waals surface area (Å²) in [6, 6.07) is -0.266. The predicted molar refractivity (Wildman–Crippen MR) is 80.2 cm³/mol. The number of carbonyl (C=O) groups excluding carboxylic acids is 1. The van der Waals surface area contributed by atoms with Crippen LogP contribution in [0.25, 0.3) is 0 Å². The van der Waals surface area contributed by atoms with Gasteiger partial charge in [-0.05, 0) is 25.7 Å². The maximum Gasteiger partial charge on any atom is 0.315 e. The quantitative estimate of drug-likeness (QED) is 0.777. The van der Waals surface area contributed by atoms with E-state index in [-0.39, 0.29) is 17.9 Å². The molecule has 21 heavy (non-hydrogen) atoms. The largest absolute Gasteiger partial charge is 0.481 e. The third-order valence-electron chi connectivity index (χ3n) is 3.82. The molecule has 116 valence electrons. The van der Waals surface area contributed by atoms with Crippen molar-refractivity contribution in [2.45, 2.75) is 39.2 Å². The van der Waals surface area contributed by atoms with E-state index in [1.54, 1.807) is 17.5 Å². The lowest BCUT2D eigenvalue weighted by molar-refractivity contribution is -0.144. The second-order valence-corrected chi connectivity index (χ2v) is 6.74. The van der Waals surface area contributed by atoms with Crippen LogP contribution in [-0.4, -0.2) is 28.6 Å². The maximum absolute atomic E-state index is 11.7. The molecule has 1 saturated carbocycles. The number of aryl methyl sites for hydroxylation is 1. The summed E-state index contributed by atoms with van der Waals surface area (Å²) >= 11 is 1.55. The summed E-state index contributed by atoms with van der Waals surface area (Å²) in [6.45, 7) is 2.79. The monoisotopic (exact) mass is 311 g/mol. The molecule has 0 bridgehead atoms. The standard InChI is InChI=1S/C14H21N3O3S/c1-9-6-15-12(21-9)8-17-14(20)16-7-10-4-2-3-5-11(10)13(18)19/h6,10-11H,2-5,7-8H2,1H3,(H,18,19)(H2,16,17,20). The highest BCUT2D eigenvalue weighted by atomic mass is 32.1. The van der Waals surface area contributed by atoms with E-state index < -0.39 is 5.97 Å². The van der Waals surface area contributed by atoms with E-state index in [0.29, 0.717) is 19.5 Å². The third-order valence-corrected chi connectivity index (χ3v) is 4.73. The van der Waals surface area contributed by atoms with Crippen molar-refractivity contribution in [2.75, 3.05) is 6.54 Å². The maximum atomic E-state index is 11.7. The van der Waals surface area contributed by atoms with E-state index in [0.717, 1.165) is 29.1 Å². The van der Waals surface area contributed by atoms with Crippen LogP contribution < -0.4 is 10.6 Å². The first-order chi connectivity index (χ1) is 10.1. The number of urea groups is 1. The van der Waals surface area contributed by atoms with Crippen LogP contribution in [-0.2, 0) is 11.3 Å². The van der Waals surface area contributed by atoms with E-state index in [1.807, 2.05) is 6.92 Å². The Morgan fingerprint density at radius 2 is 2.14 bits per heavy atom. The Labute approximate surface area is 128 Å². The molecule has 0 spiro atoms. The zero-order chi connectivity index (χ0) is 15.2. The van der Waals surface area contributed by atoms with E-state index in [4.69, 9.17) is 0 Å². The molecule has 2 atom stereocenters. The van der Waals surface area contributed by atoms with Crippen molar-refractivity contribution in [2.24, 2.45) is 11.8 Å². The Morgan fingerprint density at radius 1 is 1.38 bits per heavy atom. The van der Waals surface area contributed by atoms with Gasteiger partial charge in [-0.3, -0.25) is 4.79 Å². The Hall–Kier alpha value is -1.63. The summed E-state index contributed by atoms with van der Waals surface area (Å²) in [5.41, 5.74) is 0. The molecule has 3 N–H and O–H groups in total. The number of nitrogens with zero attached hydrogens (tertiary/aromatic N) is 1. The Balaban J connectivity index is 1.73. The summed E-state index contributed by atoms with van der Waals surface area (Å²) in [7, 11) is 0. The van der Waals surface area contributed by atoms with Gasteiger partial charge in [0.05, 0.1) is 12.5 Å². The zero-order valence-corrected chi connectivity index (χ0v) is 12.9. The van der Waals surface area contributed by atoms with Gasteiger partial charge in [-0.2, -0.15) is 0 Å². The minimum atomic E-state index is -0.750. The van der Waals surface area contributed by atoms with E-state index in [9.17, 15) is 14.7 Å². The van der Waals surface area contributed by atoms with Crippen LogP contribution in [0, 0.1) is 18.8 Å². The van der Waals surface area contributed by atoms with Gasteiger partial charge >= 0.3 is 12.0 Å². The van der Waals surface area contributed by atoms with E-state index >= 15 is 0 Å². The molecule has 1 aliphatic rings. The molecule has 0 aliphatic heterocycles. The molecule has 1 aromatic rings. The zero-order valence-electron chi connectivity index (χ0n) is 12.1. The summed E-state index contributed by atoms with van der Waals surface area (Å²) < 4.78 is 0. The number of carbonyl (C=O) groups is 2. The lowest BCUT2D eigenvalue weighted by atomic mass is 9.79. The van der Waals surface area contributed by atoms with Crippen LogP contribution >= 0.6 is 11.3 Å². The highest BCUT2D eigenvalue weighted by molar-refractivity contribution is 7.11. The van der Waals surface area contributed by atoms with E-state index in [1.165, 1.54) is 0 Å². The topological polar surface area (TPSA) is 91.3 Å². The molecule has 0 radical (unpaired) electrons. The fourth-order valence-electron chi connectivity index (χ4n) is 2.70. The van der Waals surface area contributed by atoms with Gasteiger partial charge in [0.2, 0.25) is 0 Å². The van der Waals surface area contributed by atoms with Gasteiger partial charge in [-0.25, -0.2) is 9.78 Å². The van der Waals surface area contributed by atoms with Gasteiger partial charge in [0.15, 0.2) is 0 Å². The van der Waals surface area contributed by atoms with Crippen molar-refractivity contribution in [1.82, 2.24) is 15.6 Å². The number of hydrogen-bond acceptors (Lipinski definition) is 4. The molecule has 1 fully saturated rings. The molecule has 0 saturated heterocycles. The van der Waals surface area contributed by atoms with Crippen molar-refractivity contribution in [3.8, 4) is 0 Å². The first-order valence-corrected chi connectivity index (χ1v) is 8.03. The van der Waals surface area contributed by atoms with E-state index in [2.05, 4.69) is 15.6 Å². The van der Waals surface area contributed by atoms with Gasteiger partial charge in [-0.15, -0.1) is 11.3 Å². The van der Waals surface area contributed by atoms with Gasteiger partial charge in [-0.1, -0.05) is 12.8 Å². The summed E-state index contributed by atoms with van der Waals surface area (Å²) in [4.78, 5) is 28.2. The lowest BCUT2D eigenvalue weighted by Crippen LogP contribution is -2.41. The molecule has 1 aliphatic carbocycles. The van der Waals surface area contributed by atoms with Gasteiger partial charge < -0.3 is 15.7 Å². The van der Waals surface area contributed by atoms with Crippen LogP contribution in [0.3, 0.4) is 0 Å². The second kappa shape index (κ2) is 7.40. The highest BCUT2D eigenvalue weighted by Gasteiger charge is 2.30. The smallest absolute Gasteiger partial charge is 0.315 e. The highest BCUT2D eigenvalue weighted by Crippen LogP contribution is 2.29. The molecule has 7 heteroatoms. The van der Waals surface area contributed by atoms with Crippen molar-refractivity contribution in [3.63, 3.8) is 0 Å². The minimum absolute atomic E-state index is 0.0316. The molecular formula is C14H21N3O3S. The summed E-state index contributed by atoms with van der Waals surface area (Å²) in [5, 5.41) is 15.6. The average molecular weight is 311 g/mol. The number of rotatable bonds is 5. The first kappa shape index (κ1) is 15.8. The summed E-state index contributed by atoms with van der Waals surface area (Å²) in [6.07, 6.45) is 5.35. The first-order valence-electron chi connectivity index (χ1n) is 7.22. The number of aromatic nitrogens is 1. The number of thiazole rings is 1. The number of nitrogens with one attached hydrogen (secondary N) is 2. The van der Waals surface area contributed by atoms with Crippen LogP contribution in [0.4, 0.5) is 4.79 Å². The van der Waals surface area contributed by atoms with Crippen LogP contribution in [0.5, 0.6) is 0 Å². The Bertz CT molecular complexity index is 503. The SMILES string of the molecule is Cc1cnc(CNC(=O)NCC2CCCCC2C(=O)O)s1. The molecule has 2 unspecified atom stereocenters. The van der Waals surface area contributed by atoms with Crippen LogP contribution in [0.2, 0.25) is 0 Å². The number of carboxylic acids is 1.